The van der Waals surface area contributed by atoms with Gasteiger partial charge >= 0.3 is 0 Å². The summed E-state index contributed by atoms with van der Waals surface area (Å²) in [5.74, 6) is 0.675. The molecule has 1 aromatic rings. The second-order valence-electron chi connectivity index (χ2n) is 4.18. The van der Waals surface area contributed by atoms with Crippen molar-refractivity contribution in [2.45, 2.75) is 38.2 Å². The molecule has 3 N–H and O–H groups in total. The molecule has 0 atom stereocenters. The molecule has 4 heteroatoms. The number of rotatable bonds is 3. The van der Waals surface area contributed by atoms with Crippen molar-refractivity contribution in [3.05, 3.63) is 23.9 Å². The predicted molar refractivity (Wildman–Crippen MR) is 62.8 cm³/mol. The lowest BCUT2D eigenvalue weighted by Crippen LogP contribution is -2.20. The highest BCUT2D eigenvalue weighted by atomic mass is 16.5. The minimum absolute atomic E-state index is 0.0386. The van der Waals surface area contributed by atoms with E-state index in [9.17, 15) is 0 Å². The number of ether oxygens (including phenoxy) is 1. The molecule has 86 valence electrons. The molecule has 1 aliphatic carbocycles. The molecule has 0 unspecified atom stereocenters. The summed E-state index contributed by atoms with van der Waals surface area (Å²) in [5, 5.41) is 7.26. The molecular formula is C12H17N3O. The zero-order chi connectivity index (χ0) is 11.4. The molecule has 1 aromatic heterocycles. The van der Waals surface area contributed by atoms with Crippen LogP contribution in [0, 0.1) is 5.41 Å². The van der Waals surface area contributed by atoms with Crippen molar-refractivity contribution in [3.63, 3.8) is 0 Å². The van der Waals surface area contributed by atoms with Crippen LogP contribution in [0.1, 0.15) is 37.7 Å². The standard InChI is InChI=1S/C12H17N3O/c13-12(14)9-6-7-11(15-8-9)16-10-4-2-1-3-5-10/h6-8,10H,1-5H2,(H3,13,14). The third kappa shape index (κ3) is 2.72. The highest BCUT2D eigenvalue weighted by molar-refractivity contribution is 5.94. The van der Waals surface area contributed by atoms with Crippen LogP contribution in [-0.4, -0.2) is 16.9 Å². The van der Waals surface area contributed by atoms with Crippen LogP contribution in [0.3, 0.4) is 0 Å². The van der Waals surface area contributed by atoms with Gasteiger partial charge in [0.2, 0.25) is 5.88 Å². The van der Waals surface area contributed by atoms with E-state index < -0.39 is 0 Å². The molecule has 0 saturated heterocycles. The Morgan fingerprint density at radius 1 is 1.31 bits per heavy atom. The lowest BCUT2D eigenvalue weighted by molar-refractivity contribution is 0.148. The zero-order valence-corrected chi connectivity index (χ0v) is 9.28. The van der Waals surface area contributed by atoms with Crippen molar-refractivity contribution in [2.75, 3.05) is 0 Å². The molecule has 1 aliphatic rings. The van der Waals surface area contributed by atoms with Gasteiger partial charge in [0.15, 0.2) is 0 Å². The summed E-state index contributed by atoms with van der Waals surface area (Å²) < 4.78 is 5.77. The minimum Gasteiger partial charge on any atom is -0.474 e. The van der Waals surface area contributed by atoms with Crippen LogP contribution in [0.15, 0.2) is 18.3 Å². The maximum Gasteiger partial charge on any atom is 0.213 e. The molecule has 0 aliphatic heterocycles. The summed E-state index contributed by atoms with van der Waals surface area (Å²) in [5.41, 5.74) is 5.99. The van der Waals surface area contributed by atoms with E-state index in [0.717, 1.165) is 12.8 Å². The smallest absolute Gasteiger partial charge is 0.213 e. The van der Waals surface area contributed by atoms with Gasteiger partial charge in [-0.3, -0.25) is 5.41 Å². The van der Waals surface area contributed by atoms with Gasteiger partial charge in [-0.15, -0.1) is 0 Å². The molecule has 1 fully saturated rings. The van der Waals surface area contributed by atoms with E-state index in [2.05, 4.69) is 4.98 Å². The quantitative estimate of drug-likeness (QED) is 0.604. The van der Waals surface area contributed by atoms with Crippen LogP contribution in [0.2, 0.25) is 0 Å². The second-order valence-corrected chi connectivity index (χ2v) is 4.18. The van der Waals surface area contributed by atoms with Gasteiger partial charge in [-0.05, 0) is 31.7 Å². The van der Waals surface area contributed by atoms with Crippen LogP contribution < -0.4 is 10.5 Å². The van der Waals surface area contributed by atoms with Crippen LogP contribution >= 0.6 is 0 Å². The van der Waals surface area contributed by atoms with E-state index in [1.807, 2.05) is 0 Å². The number of nitrogens with two attached hydrogens (primary N) is 1. The number of hydrogen-bond acceptors (Lipinski definition) is 3. The fourth-order valence-electron chi connectivity index (χ4n) is 1.96. The first kappa shape index (κ1) is 10.9. The predicted octanol–water partition coefficient (Wildman–Crippen LogP) is 2.08. The Bertz CT molecular complexity index is 355. The Balaban J connectivity index is 1.96. The van der Waals surface area contributed by atoms with Crippen molar-refractivity contribution in [1.29, 1.82) is 5.41 Å². The lowest BCUT2D eigenvalue weighted by Gasteiger charge is -2.22. The Hall–Kier alpha value is -1.58. The van der Waals surface area contributed by atoms with Gasteiger partial charge in [-0.25, -0.2) is 4.98 Å². The number of nitrogens with one attached hydrogen (secondary N) is 1. The van der Waals surface area contributed by atoms with Crippen molar-refractivity contribution in [3.8, 4) is 5.88 Å². The van der Waals surface area contributed by atoms with Gasteiger partial charge in [0.1, 0.15) is 11.9 Å². The average Bonchev–Trinajstić information content (AvgIpc) is 2.31. The third-order valence-corrected chi connectivity index (χ3v) is 2.89. The highest BCUT2D eigenvalue weighted by Gasteiger charge is 2.15. The first-order valence-corrected chi connectivity index (χ1v) is 5.73. The van der Waals surface area contributed by atoms with Gasteiger partial charge in [-0.1, -0.05) is 6.42 Å². The lowest BCUT2D eigenvalue weighted by atomic mass is 9.98. The van der Waals surface area contributed by atoms with Gasteiger partial charge in [-0.2, -0.15) is 0 Å². The molecule has 16 heavy (non-hydrogen) atoms. The first-order chi connectivity index (χ1) is 7.75. The Labute approximate surface area is 95.3 Å². The number of hydrogen-bond donors (Lipinski definition) is 2. The number of aromatic nitrogens is 1. The largest absolute Gasteiger partial charge is 0.474 e. The highest BCUT2D eigenvalue weighted by Crippen LogP contribution is 2.22. The van der Waals surface area contributed by atoms with Gasteiger partial charge < -0.3 is 10.5 Å². The van der Waals surface area contributed by atoms with E-state index in [4.69, 9.17) is 15.9 Å². The zero-order valence-electron chi connectivity index (χ0n) is 9.28. The topological polar surface area (TPSA) is 72.0 Å². The molecule has 0 bridgehead atoms. The van der Waals surface area contributed by atoms with Gasteiger partial charge in [0.25, 0.3) is 0 Å². The molecular weight excluding hydrogens is 202 g/mol. The summed E-state index contributed by atoms with van der Waals surface area (Å²) in [6.07, 6.45) is 7.94. The van der Waals surface area contributed by atoms with Crippen molar-refractivity contribution >= 4 is 5.84 Å². The monoisotopic (exact) mass is 219 g/mol. The number of pyridine rings is 1. The van der Waals surface area contributed by atoms with E-state index >= 15 is 0 Å². The first-order valence-electron chi connectivity index (χ1n) is 5.73. The number of nitrogens with zero attached hydrogens (tertiary/aromatic N) is 1. The van der Waals surface area contributed by atoms with Crippen LogP contribution in [-0.2, 0) is 0 Å². The Kier molecular flexibility index (Phi) is 3.39. The normalized spacial score (nSPS) is 17.0. The summed E-state index contributed by atoms with van der Waals surface area (Å²) in [6, 6.07) is 3.55. The van der Waals surface area contributed by atoms with Crippen LogP contribution in [0.5, 0.6) is 5.88 Å². The molecule has 0 amide bonds. The van der Waals surface area contributed by atoms with E-state index in [1.54, 1.807) is 18.3 Å². The molecule has 1 saturated carbocycles. The minimum atomic E-state index is 0.0386. The Morgan fingerprint density at radius 3 is 2.62 bits per heavy atom. The van der Waals surface area contributed by atoms with E-state index in [1.165, 1.54) is 19.3 Å². The van der Waals surface area contributed by atoms with E-state index in [-0.39, 0.29) is 5.84 Å². The van der Waals surface area contributed by atoms with Crippen LogP contribution in [0.4, 0.5) is 0 Å². The van der Waals surface area contributed by atoms with Gasteiger partial charge in [0.05, 0.1) is 0 Å². The summed E-state index contributed by atoms with van der Waals surface area (Å²) >= 11 is 0. The maximum atomic E-state index is 7.26. The van der Waals surface area contributed by atoms with E-state index in [0.29, 0.717) is 17.5 Å². The van der Waals surface area contributed by atoms with Crippen LogP contribution in [0.25, 0.3) is 0 Å². The van der Waals surface area contributed by atoms with Gasteiger partial charge in [0, 0.05) is 17.8 Å². The fourth-order valence-corrected chi connectivity index (χ4v) is 1.96. The molecule has 0 spiro atoms. The second kappa shape index (κ2) is 4.96. The molecule has 0 radical (unpaired) electrons. The fraction of sp³-hybridized carbons (Fsp3) is 0.500. The maximum absolute atomic E-state index is 7.26. The molecule has 0 aromatic carbocycles. The van der Waals surface area contributed by atoms with Crippen molar-refractivity contribution in [1.82, 2.24) is 4.98 Å². The van der Waals surface area contributed by atoms with Crippen molar-refractivity contribution in [2.24, 2.45) is 5.73 Å². The average molecular weight is 219 g/mol. The molecule has 1 heterocycles. The number of amidine groups is 1. The van der Waals surface area contributed by atoms with Crippen molar-refractivity contribution < 1.29 is 4.74 Å². The molecule has 2 rings (SSSR count). The molecule has 4 nitrogen and oxygen atoms in total. The number of nitrogen functional groups attached to an aromatic ring is 1. The summed E-state index contributed by atoms with van der Waals surface area (Å²) in [7, 11) is 0. The summed E-state index contributed by atoms with van der Waals surface area (Å²) in [6.45, 7) is 0. The SMILES string of the molecule is N=C(N)c1ccc(OC2CCCCC2)nc1. The Morgan fingerprint density at radius 2 is 2.06 bits per heavy atom. The summed E-state index contributed by atoms with van der Waals surface area (Å²) in [4.78, 5) is 4.15. The third-order valence-electron chi connectivity index (χ3n) is 2.89.